The van der Waals surface area contributed by atoms with Crippen molar-refractivity contribution in [3.8, 4) is 0 Å². The molecular weight excluding hydrogens is 212 g/mol. The van der Waals surface area contributed by atoms with Crippen LogP contribution in [0.25, 0.3) is 0 Å². The molecule has 1 aromatic rings. The van der Waals surface area contributed by atoms with Crippen molar-refractivity contribution >= 4 is 9.84 Å². The van der Waals surface area contributed by atoms with Gasteiger partial charge in [0.05, 0.1) is 11.5 Å². The largest absolute Gasteiger partial charge is 0.360 e. The van der Waals surface area contributed by atoms with Gasteiger partial charge in [-0.25, -0.2) is 8.42 Å². The van der Waals surface area contributed by atoms with Gasteiger partial charge in [-0.3, -0.25) is 0 Å². The van der Waals surface area contributed by atoms with Gasteiger partial charge in [-0.05, 0) is 12.0 Å². The van der Waals surface area contributed by atoms with Crippen molar-refractivity contribution in [1.29, 1.82) is 0 Å². The van der Waals surface area contributed by atoms with Gasteiger partial charge in [-0.1, -0.05) is 30.3 Å². The summed E-state index contributed by atoms with van der Waals surface area (Å²) in [6.07, 6.45) is 0.489. The van der Waals surface area contributed by atoms with Crippen molar-refractivity contribution in [3.05, 3.63) is 35.9 Å². The number of sulfone groups is 1. The molecule has 0 aliphatic carbocycles. The highest BCUT2D eigenvalue weighted by Crippen LogP contribution is 2.52. The number of ether oxygens (including phenoxy) is 1. The molecule has 2 atom stereocenters. The van der Waals surface area contributed by atoms with E-state index in [-0.39, 0.29) is 23.2 Å². The molecule has 0 aromatic heterocycles. The van der Waals surface area contributed by atoms with E-state index in [0.717, 1.165) is 5.56 Å². The van der Waals surface area contributed by atoms with Crippen LogP contribution in [0.4, 0.5) is 0 Å². The third kappa shape index (κ3) is 1.40. The zero-order valence-electron chi connectivity index (χ0n) is 8.22. The molecule has 0 N–H and O–H groups in total. The molecule has 0 saturated carbocycles. The summed E-state index contributed by atoms with van der Waals surface area (Å²) in [6, 6.07) is 9.91. The van der Waals surface area contributed by atoms with Crippen LogP contribution in [-0.2, 0) is 20.2 Å². The molecule has 0 unspecified atom stereocenters. The van der Waals surface area contributed by atoms with Gasteiger partial charge in [0.25, 0.3) is 0 Å². The fraction of sp³-hybridized carbons (Fsp3) is 0.455. The minimum Gasteiger partial charge on any atom is -0.360 e. The summed E-state index contributed by atoms with van der Waals surface area (Å²) in [4.78, 5) is 0. The van der Waals surface area contributed by atoms with Gasteiger partial charge >= 0.3 is 0 Å². The molecule has 15 heavy (non-hydrogen) atoms. The van der Waals surface area contributed by atoms with Gasteiger partial charge in [0.2, 0.25) is 0 Å². The molecule has 2 aliphatic rings. The van der Waals surface area contributed by atoms with Gasteiger partial charge in [-0.2, -0.15) is 0 Å². The van der Waals surface area contributed by atoms with Crippen molar-refractivity contribution < 1.29 is 13.2 Å². The zero-order valence-corrected chi connectivity index (χ0v) is 9.03. The van der Waals surface area contributed by atoms with Crippen molar-refractivity contribution in [2.75, 3.05) is 11.5 Å². The molecule has 4 heteroatoms. The minimum atomic E-state index is -2.86. The number of hydrogen-bond acceptors (Lipinski definition) is 3. The van der Waals surface area contributed by atoms with Crippen LogP contribution in [0, 0.1) is 0 Å². The average molecular weight is 224 g/mol. The van der Waals surface area contributed by atoms with Crippen molar-refractivity contribution in [2.45, 2.75) is 18.1 Å². The van der Waals surface area contributed by atoms with E-state index in [1.807, 2.05) is 30.3 Å². The highest BCUT2D eigenvalue weighted by Gasteiger charge is 2.61. The lowest BCUT2D eigenvalue weighted by atomic mass is 9.93. The molecule has 0 spiro atoms. The Balaban J connectivity index is 1.93. The maximum atomic E-state index is 11.4. The first kappa shape index (κ1) is 9.36. The Morgan fingerprint density at radius 3 is 2.67 bits per heavy atom. The van der Waals surface area contributed by atoms with Crippen molar-refractivity contribution in [1.82, 2.24) is 0 Å². The summed E-state index contributed by atoms with van der Waals surface area (Å²) in [5, 5.41) is 0. The molecule has 2 fully saturated rings. The summed E-state index contributed by atoms with van der Waals surface area (Å²) in [5.74, 6) is 0.431. The Bertz CT molecular complexity index is 480. The van der Waals surface area contributed by atoms with Crippen molar-refractivity contribution in [3.63, 3.8) is 0 Å². The van der Waals surface area contributed by atoms with Crippen LogP contribution in [0.2, 0.25) is 0 Å². The average Bonchev–Trinajstić information content (AvgIpc) is 2.92. The summed E-state index contributed by atoms with van der Waals surface area (Å²) in [7, 11) is -2.86. The first-order valence-corrected chi connectivity index (χ1v) is 6.88. The molecule has 0 bridgehead atoms. The Labute approximate surface area is 89.0 Å². The van der Waals surface area contributed by atoms with E-state index in [9.17, 15) is 8.42 Å². The zero-order chi connectivity index (χ0) is 10.5. The third-order valence-corrected chi connectivity index (χ3v) is 4.90. The van der Waals surface area contributed by atoms with E-state index < -0.39 is 9.84 Å². The van der Waals surface area contributed by atoms with Gasteiger partial charge in [0.1, 0.15) is 11.7 Å². The fourth-order valence-corrected chi connectivity index (χ4v) is 3.93. The van der Waals surface area contributed by atoms with Crippen LogP contribution < -0.4 is 0 Å². The van der Waals surface area contributed by atoms with Gasteiger partial charge < -0.3 is 4.74 Å². The Hall–Kier alpha value is -0.870. The molecule has 1 aromatic carbocycles. The van der Waals surface area contributed by atoms with Crippen LogP contribution >= 0.6 is 0 Å². The van der Waals surface area contributed by atoms with Gasteiger partial charge in [-0.15, -0.1) is 0 Å². The molecule has 0 radical (unpaired) electrons. The quantitative estimate of drug-likeness (QED) is 0.671. The van der Waals surface area contributed by atoms with Gasteiger partial charge in [0.15, 0.2) is 9.84 Å². The van der Waals surface area contributed by atoms with E-state index in [4.69, 9.17) is 4.74 Å². The molecular formula is C11H12O3S. The smallest absolute Gasteiger partial charge is 0.153 e. The van der Waals surface area contributed by atoms with E-state index in [2.05, 4.69) is 0 Å². The van der Waals surface area contributed by atoms with E-state index in [0.29, 0.717) is 6.42 Å². The molecule has 3 rings (SSSR count). The number of epoxide rings is 1. The van der Waals surface area contributed by atoms with E-state index >= 15 is 0 Å². The molecule has 2 heterocycles. The second kappa shape index (κ2) is 2.83. The third-order valence-electron chi connectivity index (χ3n) is 3.27. The number of benzene rings is 1. The van der Waals surface area contributed by atoms with Crippen LogP contribution in [0.15, 0.2) is 30.3 Å². The SMILES string of the molecule is O=S1(=O)CC[C@]2(c3ccccc3)O[C@@H]2C1. The lowest BCUT2D eigenvalue weighted by Crippen LogP contribution is -2.30. The minimum absolute atomic E-state index is 0.112. The van der Waals surface area contributed by atoms with Crippen LogP contribution in [0.1, 0.15) is 12.0 Å². The second-order valence-corrected chi connectivity index (χ2v) is 6.46. The molecule has 80 valence electrons. The lowest BCUT2D eigenvalue weighted by Gasteiger charge is -2.17. The standard InChI is InChI=1S/C11H12O3S/c12-15(13)7-6-11(10(8-15)14-11)9-4-2-1-3-5-9/h1-5,10H,6-8H2/t10-,11-/m1/s1. The van der Waals surface area contributed by atoms with E-state index in [1.54, 1.807) is 0 Å². The number of hydrogen-bond donors (Lipinski definition) is 0. The van der Waals surface area contributed by atoms with Crippen LogP contribution in [0.5, 0.6) is 0 Å². The maximum Gasteiger partial charge on any atom is 0.153 e. The van der Waals surface area contributed by atoms with E-state index in [1.165, 1.54) is 0 Å². The summed E-state index contributed by atoms with van der Waals surface area (Å²) < 4.78 is 28.4. The number of fused-ring (bicyclic) bond motifs is 1. The monoisotopic (exact) mass is 224 g/mol. The maximum absolute atomic E-state index is 11.4. The lowest BCUT2D eigenvalue weighted by molar-refractivity contribution is 0.296. The predicted octanol–water partition coefficient (Wildman–Crippen LogP) is 1.10. The highest BCUT2D eigenvalue weighted by molar-refractivity contribution is 7.91. The fourth-order valence-electron chi connectivity index (χ4n) is 2.35. The molecule has 0 amide bonds. The second-order valence-electron chi connectivity index (χ2n) is 4.23. The summed E-state index contributed by atoms with van der Waals surface area (Å²) in [5.41, 5.74) is 0.831. The Kier molecular flexibility index (Phi) is 1.77. The topological polar surface area (TPSA) is 46.7 Å². The van der Waals surface area contributed by atoms with Crippen LogP contribution in [0.3, 0.4) is 0 Å². The number of rotatable bonds is 1. The molecule has 2 saturated heterocycles. The molecule has 2 aliphatic heterocycles. The molecule has 3 nitrogen and oxygen atoms in total. The first-order valence-electron chi connectivity index (χ1n) is 5.06. The highest BCUT2D eigenvalue weighted by atomic mass is 32.2. The summed E-state index contributed by atoms with van der Waals surface area (Å²) >= 11 is 0. The Morgan fingerprint density at radius 1 is 1.27 bits per heavy atom. The summed E-state index contributed by atoms with van der Waals surface area (Å²) in [6.45, 7) is 0. The predicted molar refractivity (Wildman–Crippen MR) is 56.3 cm³/mol. The van der Waals surface area contributed by atoms with Crippen LogP contribution in [-0.4, -0.2) is 26.0 Å². The van der Waals surface area contributed by atoms with Crippen molar-refractivity contribution in [2.24, 2.45) is 0 Å². The van der Waals surface area contributed by atoms with Gasteiger partial charge in [0, 0.05) is 0 Å². The normalized spacial score (nSPS) is 36.9. The first-order chi connectivity index (χ1) is 7.12. The Morgan fingerprint density at radius 2 is 2.00 bits per heavy atom.